The molecule has 1 unspecified atom stereocenters. The highest BCUT2D eigenvalue weighted by molar-refractivity contribution is 5.70. The number of carbonyl (C=O) groups is 1. The van der Waals surface area contributed by atoms with Gasteiger partial charge in [-0.15, -0.1) is 6.58 Å². The molecule has 0 aromatic heterocycles. The highest BCUT2D eigenvalue weighted by atomic mass is 19.1. The number of carboxylic acids is 1. The third-order valence-corrected chi connectivity index (χ3v) is 0.987. The zero-order chi connectivity index (χ0) is 8.85. The largest absolute Gasteiger partial charge is 0.477 e. The third kappa shape index (κ3) is 5.54. The molecule has 0 aromatic carbocycles. The molecule has 0 saturated carbocycles. The lowest BCUT2D eigenvalue weighted by Crippen LogP contribution is -2.18. The molecule has 1 atom stereocenters. The van der Waals surface area contributed by atoms with Gasteiger partial charge in [0.05, 0.1) is 6.61 Å². The topological polar surface area (TPSA) is 46.5 Å². The van der Waals surface area contributed by atoms with Gasteiger partial charge >= 0.3 is 5.97 Å². The maximum absolute atomic E-state index is 12.1. The van der Waals surface area contributed by atoms with E-state index in [1.54, 1.807) is 6.92 Å². The molecular weight excluding hydrogens is 151 g/mol. The summed E-state index contributed by atoms with van der Waals surface area (Å²) in [6.07, 6.45) is -1.73. The molecule has 4 heteroatoms. The minimum absolute atomic E-state index is 0.0583. The highest BCUT2D eigenvalue weighted by Gasteiger charge is 2.14. The van der Waals surface area contributed by atoms with Gasteiger partial charge in [-0.3, -0.25) is 0 Å². The average Bonchev–Trinajstić information content (AvgIpc) is 1.86. The molecule has 0 bridgehead atoms. The summed E-state index contributed by atoms with van der Waals surface area (Å²) in [7, 11) is 0. The Labute approximate surface area is 64.5 Å². The van der Waals surface area contributed by atoms with E-state index in [4.69, 9.17) is 5.11 Å². The van der Waals surface area contributed by atoms with Gasteiger partial charge in [-0.05, 0) is 13.3 Å². The van der Waals surface area contributed by atoms with Crippen molar-refractivity contribution in [1.82, 2.24) is 0 Å². The van der Waals surface area contributed by atoms with Crippen LogP contribution in [0.5, 0.6) is 0 Å². The van der Waals surface area contributed by atoms with E-state index < -0.39 is 12.3 Å². The summed E-state index contributed by atoms with van der Waals surface area (Å²) in [4.78, 5) is 9.85. The molecule has 0 amide bonds. The van der Waals surface area contributed by atoms with Crippen molar-refractivity contribution in [2.75, 3.05) is 6.61 Å². The van der Waals surface area contributed by atoms with Gasteiger partial charge in [-0.2, -0.15) is 0 Å². The summed E-state index contributed by atoms with van der Waals surface area (Å²) in [5.41, 5.74) is 0.836. The fourth-order valence-corrected chi connectivity index (χ4v) is 0.408. The molecule has 64 valence electrons. The van der Waals surface area contributed by atoms with Gasteiger partial charge in [0.2, 0.25) is 0 Å². The monoisotopic (exact) mass is 162 g/mol. The first kappa shape index (κ1) is 10.1. The summed E-state index contributed by atoms with van der Waals surface area (Å²) >= 11 is 0. The molecule has 11 heavy (non-hydrogen) atoms. The molecule has 0 rings (SSSR count). The number of aliphatic carboxylic acids is 1. The number of hydrogen-bond acceptors (Lipinski definition) is 2. The summed E-state index contributed by atoms with van der Waals surface area (Å²) in [6, 6.07) is 0. The van der Waals surface area contributed by atoms with Crippen LogP contribution in [0.25, 0.3) is 0 Å². The number of alkyl halides is 1. The fraction of sp³-hybridized carbons (Fsp3) is 0.571. The second kappa shape index (κ2) is 4.85. The predicted octanol–water partition coefficient (Wildman–Crippen LogP) is 1.35. The van der Waals surface area contributed by atoms with Crippen molar-refractivity contribution >= 4 is 5.97 Å². The molecule has 0 radical (unpaired) electrons. The number of halogens is 1. The van der Waals surface area contributed by atoms with Gasteiger partial charge < -0.3 is 9.84 Å². The van der Waals surface area contributed by atoms with E-state index in [0.29, 0.717) is 6.42 Å². The summed E-state index contributed by atoms with van der Waals surface area (Å²) < 4.78 is 16.4. The molecular formula is C7H11FO3. The summed E-state index contributed by atoms with van der Waals surface area (Å²) in [6.45, 7) is 5.37. The summed E-state index contributed by atoms with van der Waals surface area (Å²) in [5.74, 6) is -1.59. The standard InChI is InChI=1S/C7H11FO3/c1-5(2)3-4-11-6(8)7(9)10/h6H,1,3-4H2,2H3,(H,9,10). The SMILES string of the molecule is C=C(C)CCOC(F)C(=O)O. The number of hydrogen-bond donors (Lipinski definition) is 1. The highest BCUT2D eigenvalue weighted by Crippen LogP contribution is 1.99. The van der Waals surface area contributed by atoms with Crippen molar-refractivity contribution in [2.45, 2.75) is 19.7 Å². The lowest BCUT2D eigenvalue weighted by Gasteiger charge is -2.04. The molecule has 0 saturated heterocycles. The van der Waals surface area contributed by atoms with Crippen molar-refractivity contribution in [3.05, 3.63) is 12.2 Å². The van der Waals surface area contributed by atoms with Crippen LogP contribution in [0.2, 0.25) is 0 Å². The third-order valence-electron chi connectivity index (χ3n) is 0.987. The van der Waals surface area contributed by atoms with Gasteiger partial charge in [0.25, 0.3) is 6.36 Å². The Morgan fingerprint density at radius 1 is 1.82 bits per heavy atom. The van der Waals surface area contributed by atoms with Crippen molar-refractivity contribution in [1.29, 1.82) is 0 Å². The molecule has 0 aliphatic carbocycles. The first-order chi connectivity index (χ1) is 5.04. The van der Waals surface area contributed by atoms with Crippen LogP contribution in [-0.2, 0) is 9.53 Å². The maximum Gasteiger partial charge on any atom is 0.366 e. The Bertz CT molecular complexity index is 156. The summed E-state index contributed by atoms with van der Waals surface area (Å²) in [5, 5.41) is 8.02. The van der Waals surface area contributed by atoms with Crippen LogP contribution in [-0.4, -0.2) is 24.0 Å². The Balaban J connectivity index is 3.39. The predicted molar refractivity (Wildman–Crippen MR) is 37.9 cm³/mol. The van der Waals surface area contributed by atoms with Crippen LogP contribution < -0.4 is 0 Å². The average molecular weight is 162 g/mol. The fourth-order valence-electron chi connectivity index (χ4n) is 0.408. The number of carboxylic acid groups (broad SMARTS) is 1. The van der Waals surface area contributed by atoms with Crippen molar-refractivity contribution in [3.8, 4) is 0 Å². The lowest BCUT2D eigenvalue weighted by molar-refractivity contribution is -0.162. The molecule has 0 fully saturated rings. The molecule has 0 heterocycles. The van der Waals surface area contributed by atoms with E-state index in [0.717, 1.165) is 5.57 Å². The lowest BCUT2D eigenvalue weighted by atomic mass is 10.3. The zero-order valence-electron chi connectivity index (χ0n) is 6.34. The van der Waals surface area contributed by atoms with Crippen molar-refractivity contribution < 1.29 is 19.0 Å². The zero-order valence-corrected chi connectivity index (χ0v) is 6.34. The number of rotatable bonds is 5. The maximum atomic E-state index is 12.1. The van der Waals surface area contributed by atoms with Crippen LogP contribution in [0.15, 0.2) is 12.2 Å². The minimum atomic E-state index is -2.21. The Morgan fingerprint density at radius 2 is 2.36 bits per heavy atom. The van der Waals surface area contributed by atoms with Gasteiger partial charge in [-0.1, -0.05) is 5.57 Å². The van der Waals surface area contributed by atoms with Crippen LogP contribution in [0.3, 0.4) is 0 Å². The van der Waals surface area contributed by atoms with E-state index in [-0.39, 0.29) is 6.61 Å². The van der Waals surface area contributed by atoms with E-state index in [9.17, 15) is 9.18 Å². The minimum Gasteiger partial charge on any atom is -0.477 e. The van der Waals surface area contributed by atoms with E-state index in [2.05, 4.69) is 11.3 Å². The molecule has 0 aliphatic rings. The first-order valence-electron chi connectivity index (χ1n) is 3.17. The Hall–Kier alpha value is -0.900. The number of ether oxygens (including phenoxy) is 1. The van der Waals surface area contributed by atoms with Gasteiger partial charge in [-0.25, -0.2) is 9.18 Å². The first-order valence-corrected chi connectivity index (χ1v) is 3.17. The van der Waals surface area contributed by atoms with E-state index in [1.165, 1.54) is 0 Å². The second-order valence-electron chi connectivity index (χ2n) is 2.23. The quantitative estimate of drug-likeness (QED) is 0.620. The van der Waals surface area contributed by atoms with Crippen LogP contribution in [0.4, 0.5) is 4.39 Å². The molecule has 0 aromatic rings. The van der Waals surface area contributed by atoms with Crippen LogP contribution >= 0.6 is 0 Å². The van der Waals surface area contributed by atoms with Crippen molar-refractivity contribution in [2.24, 2.45) is 0 Å². The van der Waals surface area contributed by atoms with E-state index in [1.807, 2.05) is 0 Å². The van der Waals surface area contributed by atoms with Gasteiger partial charge in [0.15, 0.2) is 0 Å². The van der Waals surface area contributed by atoms with Crippen LogP contribution in [0, 0.1) is 0 Å². The molecule has 1 N–H and O–H groups in total. The van der Waals surface area contributed by atoms with Crippen LogP contribution in [0.1, 0.15) is 13.3 Å². The Morgan fingerprint density at radius 3 is 2.73 bits per heavy atom. The molecule has 3 nitrogen and oxygen atoms in total. The van der Waals surface area contributed by atoms with Gasteiger partial charge in [0, 0.05) is 0 Å². The van der Waals surface area contributed by atoms with E-state index >= 15 is 0 Å². The molecule has 0 aliphatic heterocycles. The molecule has 0 spiro atoms. The van der Waals surface area contributed by atoms with Crippen molar-refractivity contribution in [3.63, 3.8) is 0 Å². The second-order valence-corrected chi connectivity index (χ2v) is 2.23. The Kier molecular flexibility index (Phi) is 4.45. The smallest absolute Gasteiger partial charge is 0.366 e. The normalized spacial score (nSPS) is 12.5. The van der Waals surface area contributed by atoms with Gasteiger partial charge in [0.1, 0.15) is 0 Å².